The molecule has 1 saturated heterocycles. The third-order valence-electron chi connectivity index (χ3n) is 3.66. The molecule has 2 atom stereocenters. The quantitative estimate of drug-likeness (QED) is 0.583. The summed E-state index contributed by atoms with van der Waals surface area (Å²) in [7, 11) is 0. The highest BCUT2D eigenvalue weighted by Crippen LogP contribution is 2.34. The molecule has 0 radical (unpaired) electrons. The van der Waals surface area contributed by atoms with Gasteiger partial charge in [-0.2, -0.15) is 0 Å². The van der Waals surface area contributed by atoms with Crippen molar-refractivity contribution >= 4 is 11.4 Å². The van der Waals surface area contributed by atoms with Gasteiger partial charge in [-0.05, 0) is 30.4 Å². The SMILES string of the molecule is Cc1ccc(N2CC(C)C(C)C2)c([N+](=O)[O-])c1. The van der Waals surface area contributed by atoms with E-state index < -0.39 is 0 Å². The molecule has 1 fully saturated rings. The van der Waals surface area contributed by atoms with Crippen molar-refractivity contribution in [2.24, 2.45) is 11.8 Å². The molecule has 0 spiro atoms. The Bertz CT molecular complexity index is 435. The van der Waals surface area contributed by atoms with Gasteiger partial charge in [-0.25, -0.2) is 0 Å². The van der Waals surface area contributed by atoms with Crippen LogP contribution in [0.4, 0.5) is 11.4 Å². The summed E-state index contributed by atoms with van der Waals surface area (Å²) in [6, 6.07) is 5.47. The van der Waals surface area contributed by atoms with Gasteiger partial charge in [0.2, 0.25) is 0 Å². The Morgan fingerprint density at radius 3 is 2.41 bits per heavy atom. The first kappa shape index (κ1) is 11.9. The van der Waals surface area contributed by atoms with E-state index in [0.717, 1.165) is 24.3 Å². The number of benzene rings is 1. The van der Waals surface area contributed by atoms with Gasteiger partial charge in [0.25, 0.3) is 5.69 Å². The highest BCUT2D eigenvalue weighted by molar-refractivity contribution is 5.64. The second kappa shape index (κ2) is 4.35. The van der Waals surface area contributed by atoms with Crippen LogP contribution >= 0.6 is 0 Å². The van der Waals surface area contributed by atoms with E-state index in [-0.39, 0.29) is 10.6 Å². The van der Waals surface area contributed by atoms with E-state index in [2.05, 4.69) is 18.7 Å². The number of hydrogen-bond donors (Lipinski definition) is 0. The number of nitrogens with zero attached hydrogens (tertiary/aromatic N) is 2. The summed E-state index contributed by atoms with van der Waals surface area (Å²) < 4.78 is 0. The van der Waals surface area contributed by atoms with Crippen molar-refractivity contribution < 1.29 is 4.92 Å². The first-order valence-corrected chi connectivity index (χ1v) is 5.99. The molecule has 1 aliphatic rings. The highest BCUT2D eigenvalue weighted by atomic mass is 16.6. The summed E-state index contributed by atoms with van der Waals surface area (Å²) in [5.74, 6) is 1.19. The standard InChI is InChI=1S/C13H18N2O2/c1-9-4-5-12(13(6-9)15(16)17)14-7-10(2)11(3)8-14/h4-6,10-11H,7-8H2,1-3H3. The minimum Gasteiger partial charge on any atom is -0.365 e. The second-order valence-electron chi connectivity index (χ2n) is 5.11. The molecule has 0 bridgehead atoms. The fourth-order valence-corrected chi connectivity index (χ4v) is 2.37. The first-order valence-electron chi connectivity index (χ1n) is 5.99. The monoisotopic (exact) mass is 234 g/mol. The molecule has 0 N–H and O–H groups in total. The minimum absolute atomic E-state index is 0.228. The Morgan fingerprint density at radius 1 is 1.29 bits per heavy atom. The molecule has 0 saturated carbocycles. The molecular formula is C13H18N2O2. The number of rotatable bonds is 2. The van der Waals surface area contributed by atoms with Crippen molar-refractivity contribution in [3.05, 3.63) is 33.9 Å². The molecule has 4 heteroatoms. The van der Waals surface area contributed by atoms with Gasteiger partial charge >= 0.3 is 0 Å². The lowest BCUT2D eigenvalue weighted by atomic mass is 10.0. The number of aryl methyl sites for hydroxylation is 1. The Morgan fingerprint density at radius 2 is 1.88 bits per heavy atom. The first-order chi connectivity index (χ1) is 7.99. The molecule has 2 rings (SSSR count). The maximum Gasteiger partial charge on any atom is 0.292 e. The van der Waals surface area contributed by atoms with Gasteiger partial charge in [-0.15, -0.1) is 0 Å². The lowest BCUT2D eigenvalue weighted by molar-refractivity contribution is -0.384. The number of anilines is 1. The fraction of sp³-hybridized carbons (Fsp3) is 0.538. The zero-order valence-corrected chi connectivity index (χ0v) is 10.5. The summed E-state index contributed by atoms with van der Waals surface area (Å²) in [6.45, 7) is 8.09. The van der Waals surface area contributed by atoms with Crippen LogP contribution in [-0.2, 0) is 0 Å². The van der Waals surface area contributed by atoms with Crippen LogP contribution in [-0.4, -0.2) is 18.0 Å². The Hall–Kier alpha value is -1.58. The van der Waals surface area contributed by atoms with E-state index in [9.17, 15) is 10.1 Å². The second-order valence-corrected chi connectivity index (χ2v) is 5.11. The predicted molar refractivity (Wildman–Crippen MR) is 68.4 cm³/mol. The van der Waals surface area contributed by atoms with Crippen LogP contribution in [0.2, 0.25) is 0 Å². The zero-order chi connectivity index (χ0) is 12.6. The molecule has 0 aliphatic carbocycles. The maximum absolute atomic E-state index is 11.1. The van der Waals surface area contributed by atoms with Crippen molar-refractivity contribution in [1.29, 1.82) is 0 Å². The summed E-state index contributed by atoms with van der Waals surface area (Å²) in [4.78, 5) is 12.9. The average molecular weight is 234 g/mol. The van der Waals surface area contributed by atoms with E-state index in [1.807, 2.05) is 19.1 Å². The average Bonchev–Trinajstić information content (AvgIpc) is 2.59. The molecule has 92 valence electrons. The lowest BCUT2D eigenvalue weighted by Crippen LogP contribution is -2.20. The van der Waals surface area contributed by atoms with E-state index in [1.165, 1.54) is 0 Å². The Balaban J connectivity index is 2.36. The van der Waals surface area contributed by atoms with Crippen molar-refractivity contribution in [1.82, 2.24) is 0 Å². The molecule has 0 aromatic heterocycles. The molecule has 0 amide bonds. The van der Waals surface area contributed by atoms with Gasteiger partial charge in [0.1, 0.15) is 5.69 Å². The fourth-order valence-electron chi connectivity index (χ4n) is 2.37. The summed E-state index contributed by atoms with van der Waals surface area (Å²) in [5, 5.41) is 11.1. The summed E-state index contributed by atoms with van der Waals surface area (Å²) in [6.07, 6.45) is 0. The number of hydrogen-bond acceptors (Lipinski definition) is 3. The molecule has 17 heavy (non-hydrogen) atoms. The van der Waals surface area contributed by atoms with Crippen LogP contribution < -0.4 is 4.90 Å². The van der Waals surface area contributed by atoms with Crippen molar-refractivity contribution in [2.45, 2.75) is 20.8 Å². The third-order valence-corrected chi connectivity index (χ3v) is 3.66. The van der Waals surface area contributed by atoms with Gasteiger partial charge in [-0.1, -0.05) is 19.9 Å². The van der Waals surface area contributed by atoms with Gasteiger partial charge in [0, 0.05) is 19.2 Å². The van der Waals surface area contributed by atoms with Crippen LogP contribution in [0.15, 0.2) is 18.2 Å². The molecule has 1 aromatic rings. The molecule has 1 aliphatic heterocycles. The van der Waals surface area contributed by atoms with Gasteiger partial charge < -0.3 is 4.90 Å². The van der Waals surface area contributed by atoms with Crippen LogP contribution in [0.25, 0.3) is 0 Å². The number of nitro benzene ring substituents is 1. The van der Waals surface area contributed by atoms with Gasteiger partial charge in [0.05, 0.1) is 4.92 Å². The zero-order valence-electron chi connectivity index (χ0n) is 10.5. The van der Waals surface area contributed by atoms with Crippen LogP contribution in [0.1, 0.15) is 19.4 Å². The van der Waals surface area contributed by atoms with Crippen molar-refractivity contribution in [2.75, 3.05) is 18.0 Å². The van der Waals surface area contributed by atoms with E-state index >= 15 is 0 Å². The maximum atomic E-state index is 11.1. The molecule has 1 aromatic carbocycles. The molecular weight excluding hydrogens is 216 g/mol. The summed E-state index contributed by atoms with van der Waals surface area (Å²) in [5.41, 5.74) is 1.92. The summed E-state index contributed by atoms with van der Waals surface area (Å²) >= 11 is 0. The van der Waals surface area contributed by atoms with E-state index in [1.54, 1.807) is 6.07 Å². The third kappa shape index (κ3) is 2.25. The minimum atomic E-state index is -0.282. The van der Waals surface area contributed by atoms with Crippen molar-refractivity contribution in [3.63, 3.8) is 0 Å². The largest absolute Gasteiger partial charge is 0.365 e. The normalized spacial score (nSPS) is 24.1. The van der Waals surface area contributed by atoms with Crippen molar-refractivity contribution in [3.8, 4) is 0 Å². The molecule has 1 heterocycles. The highest BCUT2D eigenvalue weighted by Gasteiger charge is 2.29. The van der Waals surface area contributed by atoms with Crippen LogP contribution in [0, 0.1) is 28.9 Å². The van der Waals surface area contributed by atoms with Crippen LogP contribution in [0.5, 0.6) is 0 Å². The smallest absolute Gasteiger partial charge is 0.292 e. The predicted octanol–water partition coefficient (Wildman–Crippen LogP) is 3.00. The topological polar surface area (TPSA) is 46.4 Å². The molecule has 4 nitrogen and oxygen atoms in total. The van der Waals surface area contributed by atoms with Gasteiger partial charge in [0.15, 0.2) is 0 Å². The Labute approximate surface area is 101 Å². The van der Waals surface area contributed by atoms with E-state index in [4.69, 9.17) is 0 Å². The lowest BCUT2D eigenvalue weighted by Gasteiger charge is -2.18. The Kier molecular flexibility index (Phi) is 3.05. The number of nitro groups is 1. The van der Waals surface area contributed by atoms with Crippen LogP contribution in [0.3, 0.4) is 0 Å². The molecule has 2 unspecified atom stereocenters. The van der Waals surface area contributed by atoms with E-state index in [0.29, 0.717) is 11.8 Å². The van der Waals surface area contributed by atoms with Gasteiger partial charge in [-0.3, -0.25) is 10.1 Å².